The standard InChI is InChI=1S/C14H17NO/c1-14(2,11-15)10-4-5-12-6-8-13(16-3)9-7-12/h4-9H,10H2,1-3H3/b5-4+. The van der Waals surface area contributed by atoms with Crippen LogP contribution in [0.15, 0.2) is 30.3 Å². The minimum Gasteiger partial charge on any atom is -0.497 e. The Morgan fingerprint density at radius 1 is 1.31 bits per heavy atom. The molecule has 0 heterocycles. The Kier molecular flexibility index (Phi) is 4.13. The van der Waals surface area contributed by atoms with E-state index in [1.54, 1.807) is 7.11 Å². The van der Waals surface area contributed by atoms with Crippen LogP contribution in [0, 0.1) is 16.7 Å². The van der Waals surface area contributed by atoms with Crippen LogP contribution in [0.2, 0.25) is 0 Å². The third kappa shape index (κ3) is 3.78. The summed E-state index contributed by atoms with van der Waals surface area (Å²) in [7, 11) is 1.65. The molecule has 1 aromatic carbocycles. The summed E-state index contributed by atoms with van der Waals surface area (Å²) in [6.45, 7) is 3.87. The van der Waals surface area contributed by atoms with Gasteiger partial charge in [-0.2, -0.15) is 5.26 Å². The van der Waals surface area contributed by atoms with Crippen molar-refractivity contribution < 1.29 is 4.74 Å². The molecule has 0 spiro atoms. The van der Waals surface area contributed by atoms with Gasteiger partial charge < -0.3 is 4.74 Å². The van der Waals surface area contributed by atoms with Crippen LogP contribution in [0.5, 0.6) is 5.75 Å². The van der Waals surface area contributed by atoms with Gasteiger partial charge in [0.1, 0.15) is 5.75 Å². The van der Waals surface area contributed by atoms with Crippen LogP contribution in [0.4, 0.5) is 0 Å². The third-order valence-electron chi connectivity index (χ3n) is 2.36. The highest BCUT2D eigenvalue weighted by atomic mass is 16.5. The van der Waals surface area contributed by atoms with E-state index in [9.17, 15) is 0 Å². The van der Waals surface area contributed by atoms with Crippen molar-refractivity contribution in [2.45, 2.75) is 20.3 Å². The molecule has 2 nitrogen and oxygen atoms in total. The van der Waals surface area contributed by atoms with Crippen molar-refractivity contribution in [3.63, 3.8) is 0 Å². The third-order valence-corrected chi connectivity index (χ3v) is 2.36. The monoisotopic (exact) mass is 215 g/mol. The molecule has 16 heavy (non-hydrogen) atoms. The number of nitrogens with zero attached hydrogens (tertiary/aromatic N) is 1. The van der Waals surface area contributed by atoms with Crippen LogP contribution >= 0.6 is 0 Å². The molecular formula is C14H17NO. The zero-order chi connectivity index (χ0) is 12.0. The van der Waals surface area contributed by atoms with Gasteiger partial charge in [-0.1, -0.05) is 24.3 Å². The van der Waals surface area contributed by atoms with E-state index in [0.717, 1.165) is 17.7 Å². The Morgan fingerprint density at radius 2 is 1.94 bits per heavy atom. The first-order chi connectivity index (χ1) is 7.57. The van der Waals surface area contributed by atoms with Gasteiger partial charge in [0.15, 0.2) is 0 Å². The molecule has 1 rings (SSSR count). The van der Waals surface area contributed by atoms with Gasteiger partial charge in [-0.25, -0.2) is 0 Å². The molecule has 84 valence electrons. The topological polar surface area (TPSA) is 33.0 Å². The maximum atomic E-state index is 8.86. The summed E-state index contributed by atoms with van der Waals surface area (Å²) in [5, 5.41) is 8.86. The molecule has 2 heteroatoms. The summed E-state index contributed by atoms with van der Waals surface area (Å²) in [4.78, 5) is 0. The van der Waals surface area contributed by atoms with Gasteiger partial charge in [0.2, 0.25) is 0 Å². The molecule has 0 amide bonds. The Balaban J connectivity index is 2.60. The first-order valence-corrected chi connectivity index (χ1v) is 5.29. The lowest BCUT2D eigenvalue weighted by atomic mass is 9.91. The van der Waals surface area contributed by atoms with E-state index in [1.807, 2.05) is 50.3 Å². The Morgan fingerprint density at radius 3 is 2.44 bits per heavy atom. The van der Waals surface area contributed by atoms with Crippen molar-refractivity contribution in [1.82, 2.24) is 0 Å². The van der Waals surface area contributed by atoms with E-state index in [-0.39, 0.29) is 5.41 Å². The number of ether oxygens (including phenoxy) is 1. The van der Waals surface area contributed by atoms with Crippen LogP contribution in [-0.2, 0) is 0 Å². The Bertz CT molecular complexity index is 396. The predicted octanol–water partition coefficient (Wildman–Crippen LogP) is 3.65. The molecule has 0 aliphatic rings. The quantitative estimate of drug-likeness (QED) is 0.768. The molecule has 0 saturated carbocycles. The van der Waals surface area contributed by atoms with Gasteiger partial charge in [-0.05, 0) is 38.0 Å². The maximum Gasteiger partial charge on any atom is 0.118 e. The number of nitriles is 1. The predicted molar refractivity (Wildman–Crippen MR) is 66.0 cm³/mol. The van der Waals surface area contributed by atoms with Crippen molar-refractivity contribution in [3.8, 4) is 11.8 Å². The molecule has 0 N–H and O–H groups in total. The second-order valence-electron chi connectivity index (χ2n) is 4.38. The van der Waals surface area contributed by atoms with Crippen molar-refractivity contribution in [2.24, 2.45) is 5.41 Å². The molecule has 1 aromatic rings. The molecule has 0 unspecified atom stereocenters. The number of allylic oxidation sites excluding steroid dienone is 1. The Hall–Kier alpha value is -1.75. The summed E-state index contributed by atoms with van der Waals surface area (Å²) in [6, 6.07) is 10.1. The largest absolute Gasteiger partial charge is 0.497 e. The molecule has 0 atom stereocenters. The normalized spacial score (nSPS) is 11.4. The van der Waals surface area contributed by atoms with Gasteiger partial charge in [-0.15, -0.1) is 0 Å². The van der Waals surface area contributed by atoms with Crippen LogP contribution in [-0.4, -0.2) is 7.11 Å². The van der Waals surface area contributed by atoms with Gasteiger partial charge in [-0.3, -0.25) is 0 Å². The molecular weight excluding hydrogens is 198 g/mol. The molecule has 0 fully saturated rings. The number of hydrogen-bond donors (Lipinski definition) is 0. The van der Waals surface area contributed by atoms with Crippen LogP contribution in [0.1, 0.15) is 25.8 Å². The molecule has 0 radical (unpaired) electrons. The number of rotatable bonds is 4. The molecule has 0 aliphatic heterocycles. The summed E-state index contributed by atoms with van der Waals surface area (Å²) >= 11 is 0. The average molecular weight is 215 g/mol. The lowest BCUT2D eigenvalue weighted by Gasteiger charge is -2.10. The van der Waals surface area contributed by atoms with Gasteiger partial charge >= 0.3 is 0 Å². The van der Waals surface area contributed by atoms with E-state index in [0.29, 0.717) is 0 Å². The lowest BCUT2D eigenvalue weighted by molar-refractivity contribution is 0.415. The molecule has 0 saturated heterocycles. The second kappa shape index (κ2) is 5.37. The zero-order valence-electron chi connectivity index (χ0n) is 10.0. The Labute approximate surface area is 97.2 Å². The van der Waals surface area contributed by atoms with Crippen molar-refractivity contribution >= 4 is 6.08 Å². The SMILES string of the molecule is COc1ccc(/C=C/CC(C)(C)C#N)cc1. The lowest BCUT2D eigenvalue weighted by Crippen LogP contribution is -2.04. The van der Waals surface area contributed by atoms with Gasteiger partial charge in [0.25, 0.3) is 0 Å². The van der Waals surface area contributed by atoms with Crippen LogP contribution in [0.25, 0.3) is 6.08 Å². The first kappa shape index (κ1) is 12.3. The van der Waals surface area contributed by atoms with E-state index >= 15 is 0 Å². The fraction of sp³-hybridized carbons (Fsp3) is 0.357. The fourth-order valence-corrected chi connectivity index (χ4v) is 1.25. The van der Waals surface area contributed by atoms with E-state index in [2.05, 4.69) is 6.07 Å². The second-order valence-corrected chi connectivity index (χ2v) is 4.38. The van der Waals surface area contributed by atoms with Gasteiger partial charge in [0, 0.05) is 0 Å². The smallest absolute Gasteiger partial charge is 0.118 e. The number of methoxy groups -OCH3 is 1. The molecule has 0 aromatic heterocycles. The minimum atomic E-state index is -0.289. The highest BCUT2D eigenvalue weighted by Gasteiger charge is 2.13. The highest BCUT2D eigenvalue weighted by Crippen LogP contribution is 2.20. The summed E-state index contributed by atoms with van der Waals surface area (Å²) < 4.78 is 5.08. The zero-order valence-corrected chi connectivity index (χ0v) is 10.0. The number of benzene rings is 1. The van der Waals surface area contributed by atoms with Crippen molar-refractivity contribution in [3.05, 3.63) is 35.9 Å². The van der Waals surface area contributed by atoms with Crippen LogP contribution < -0.4 is 4.74 Å². The van der Waals surface area contributed by atoms with Crippen LogP contribution in [0.3, 0.4) is 0 Å². The summed E-state index contributed by atoms with van der Waals surface area (Å²) in [6.07, 6.45) is 4.82. The molecule has 0 bridgehead atoms. The van der Waals surface area contributed by atoms with Crippen molar-refractivity contribution in [2.75, 3.05) is 7.11 Å². The summed E-state index contributed by atoms with van der Waals surface area (Å²) in [5.41, 5.74) is 0.831. The number of hydrogen-bond acceptors (Lipinski definition) is 2. The minimum absolute atomic E-state index is 0.289. The van der Waals surface area contributed by atoms with Crippen molar-refractivity contribution in [1.29, 1.82) is 5.26 Å². The fourth-order valence-electron chi connectivity index (χ4n) is 1.25. The van der Waals surface area contributed by atoms with E-state index in [4.69, 9.17) is 10.00 Å². The maximum absolute atomic E-state index is 8.86. The highest BCUT2D eigenvalue weighted by molar-refractivity contribution is 5.50. The average Bonchev–Trinajstić information content (AvgIpc) is 2.30. The molecule has 0 aliphatic carbocycles. The summed E-state index contributed by atoms with van der Waals surface area (Å²) in [5.74, 6) is 0.856. The van der Waals surface area contributed by atoms with E-state index < -0.39 is 0 Å². The van der Waals surface area contributed by atoms with E-state index in [1.165, 1.54) is 0 Å². The van der Waals surface area contributed by atoms with Gasteiger partial charge in [0.05, 0.1) is 18.6 Å². The first-order valence-electron chi connectivity index (χ1n) is 5.29.